The van der Waals surface area contributed by atoms with Crippen LogP contribution >= 0.6 is 0 Å². The van der Waals surface area contributed by atoms with Crippen molar-refractivity contribution in [1.29, 1.82) is 0 Å². The van der Waals surface area contributed by atoms with Gasteiger partial charge in [-0.15, -0.1) is 12.3 Å². The van der Waals surface area contributed by atoms with Gasteiger partial charge < -0.3 is 53.4 Å². The first kappa shape index (κ1) is 34.1. The average Bonchev–Trinajstić information content (AvgIpc) is 3.55. The van der Waals surface area contributed by atoms with Crippen LogP contribution in [0.5, 0.6) is 0 Å². The van der Waals surface area contributed by atoms with E-state index in [2.05, 4.69) is 32.2 Å². The van der Waals surface area contributed by atoms with E-state index in [-0.39, 0.29) is 44.6 Å². The van der Waals surface area contributed by atoms with E-state index < -0.39 is 84.7 Å². The Morgan fingerprint density at radius 2 is 1.54 bits per heavy atom. The van der Waals surface area contributed by atoms with E-state index in [4.69, 9.17) is 23.0 Å². The summed E-state index contributed by atoms with van der Waals surface area (Å²) in [7, 11) is 0. The number of aliphatic hydroxyl groups is 1. The SMILES string of the molecule is C#CCCC(=O)NCC(=O)N[C@@H](CCCN=C(N)N)C(=O)NCC(=O)N[C@@H](CC(=O)O)C(=O)NC1(C(=O)O)CC1O. The smallest absolute Gasteiger partial charge is 0.332 e. The summed E-state index contributed by atoms with van der Waals surface area (Å²) in [5, 5.41) is 39.0. The minimum absolute atomic E-state index is 0.0000891. The highest BCUT2D eigenvalue weighted by Gasteiger charge is 2.62. The number of hydrogen-bond donors (Lipinski definition) is 10. The van der Waals surface area contributed by atoms with E-state index >= 15 is 0 Å². The van der Waals surface area contributed by atoms with Gasteiger partial charge in [-0.25, -0.2) is 4.79 Å². The van der Waals surface area contributed by atoms with Gasteiger partial charge in [0.15, 0.2) is 11.5 Å². The fraction of sp³-hybridized carbons (Fsp3) is 0.565. The fourth-order valence-electron chi connectivity index (χ4n) is 3.36. The van der Waals surface area contributed by atoms with Crippen LogP contribution in [0.3, 0.4) is 0 Å². The van der Waals surface area contributed by atoms with Crippen molar-refractivity contribution in [2.45, 2.75) is 62.3 Å². The molecule has 1 rings (SSSR count). The van der Waals surface area contributed by atoms with Crippen LogP contribution in [0.25, 0.3) is 0 Å². The first-order valence-corrected chi connectivity index (χ1v) is 12.3. The van der Waals surface area contributed by atoms with Crippen LogP contribution in [0.1, 0.15) is 38.5 Å². The van der Waals surface area contributed by atoms with E-state index in [0.29, 0.717) is 0 Å². The number of aliphatic imine (C=N–C) groups is 1. The number of rotatable bonds is 18. The lowest BCUT2D eigenvalue weighted by atomic mass is 10.1. The molecule has 0 bridgehead atoms. The predicted molar refractivity (Wildman–Crippen MR) is 139 cm³/mol. The van der Waals surface area contributed by atoms with E-state index in [1.54, 1.807) is 0 Å². The van der Waals surface area contributed by atoms with E-state index in [0.717, 1.165) is 0 Å². The third-order valence-electron chi connectivity index (χ3n) is 5.65. The molecular formula is C23H34N8O10. The molecule has 1 aliphatic rings. The Morgan fingerprint density at radius 1 is 0.951 bits per heavy atom. The summed E-state index contributed by atoms with van der Waals surface area (Å²) < 4.78 is 0. The molecule has 1 saturated carbocycles. The van der Waals surface area contributed by atoms with Crippen LogP contribution in [0.4, 0.5) is 0 Å². The molecule has 0 aromatic heterocycles. The van der Waals surface area contributed by atoms with Crippen LogP contribution in [-0.4, -0.2) is 106 Å². The molecule has 0 spiro atoms. The molecule has 18 heteroatoms. The zero-order chi connectivity index (χ0) is 31.2. The molecule has 12 N–H and O–H groups in total. The number of guanidine groups is 1. The van der Waals surface area contributed by atoms with Crippen LogP contribution in [-0.2, 0) is 33.6 Å². The van der Waals surface area contributed by atoms with Crippen molar-refractivity contribution in [2.24, 2.45) is 16.5 Å². The average molecular weight is 583 g/mol. The minimum Gasteiger partial charge on any atom is -0.481 e. The molecule has 2 unspecified atom stereocenters. The number of carboxylic acids is 2. The number of amides is 5. The van der Waals surface area contributed by atoms with Crippen molar-refractivity contribution >= 4 is 47.4 Å². The van der Waals surface area contributed by atoms with Gasteiger partial charge in [-0.05, 0) is 12.8 Å². The first-order valence-electron chi connectivity index (χ1n) is 12.3. The number of terminal acetylenes is 1. The maximum atomic E-state index is 12.7. The molecule has 1 fully saturated rings. The van der Waals surface area contributed by atoms with Gasteiger partial charge in [0.1, 0.15) is 12.1 Å². The molecule has 0 heterocycles. The van der Waals surface area contributed by atoms with Gasteiger partial charge in [0, 0.05) is 25.8 Å². The highest BCUT2D eigenvalue weighted by atomic mass is 16.4. The Hall–Kier alpha value is -4.92. The molecule has 1 aliphatic carbocycles. The van der Waals surface area contributed by atoms with Gasteiger partial charge >= 0.3 is 11.9 Å². The van der Waals surface area contributed by atoms with Crippen LogP contribution in [0.2, 0.25) is 0 Å². The highest BCUT2D eigenvalue weighted by molar-refractivity contribution is 5.97. The van der Waals surface area contributed by atoms with Crippen LogP contribution < -0.4 is 38.1 Å². The summed E-state index contributed by atoms with van der Waals surface area (Å²) in [6.07, 6.45) is 2.88. The molecule has 0 radical (unpaired) electrons. The molecule has 0 aromatic carbocycles. The third kappa shape index (κ3) is 12.2. The van der Waals surface area contributed by atoms with Gasteiger partial charge in [-0.2, -0.15) is 0 Å². The second-order valence-corrected chi connectivity index (χ2v) is 8.97. The van der Waals surface area contributed by atoms with Gasteiger partial charge in [0.05, 0.1) is 25.6 Å². The first-order chi connectivity index (χ1) is 19.2. The highest BCUT2D eigenvalue weighted by Crippen LogP contribution is 2.36. The number of nitrogens with zero attached hydrogens (tertiary/aromatic N) is 1. The summed E-state index contributed by atoms with van der Waals surface area (Å²) in [5.74, 6) is -5.15. The normalized spacial score (nSPS) is 18.3. The molecule has 18 nitrogen and oxygen atoms in total. The molecular weight excluding hydrogens is 548 g/mol. The fourth-order valence-corrected chi connectivity index (χ4v) is 3.36. The van der Waals surface area contributed by atoms with E-state index in [1.165, 1.54) is 0 Å². The third-order valence-corrected chi connectivity index (χ3v) is 5.65. The Morgan fingerprint density at radius 3 is 2.05 bits per heavy atom. The lowest BCUT2D eigenvalue weighted by Crippen LogP contribution is -2.56. The Kier molecular flexibility index (Phi) is 13.5. The largest absolute Gasteiger partial charge is 0.481 e. The van der Waals surface area contributed by atoms with Gasteiger partial charge in [0.2, 0.25) is 29.5 Å². The van der Waals surface area contributed by atoms with E-state index in [1.807, 2.05) is 5.32 Å². The lowest BCUT2D eigenvalue weighted by Gasteiger charge is -2.21. The Bertz CT molecular complexity index is 1100. The molecule has 5 amide bonds. The summed E-state index contributed by atoms with van der Waals surface area (Å²) in [5.41, 5.74) is 8.53. The number of aliphatic hydroxyl groups excluding tert-OH is 1. The Balaban J connectivity index is 2.77. The standard InChI is InChI=1S/C23H34N8O10/c1-2-3-6-15(33)27-10-16(34)29-12(5-4-7-26-22(24)25)19(38)28-11-17(35)30-13(8-18(36)37)20(39)31-23(21(40)41)9-14(23)32/h1,12-14,32H,3-11H2,(H,27,33)(H,28,38)(H,29,34)(H,30,35)(H,31,39)(H,36,37)(H,40,41)(H4,24,25,26)/t12-,13-,14?,23?/m0/s1. The summed E-state index contributed by atoms with van der Waals surface area (Å²) in [6, 6.07) is -2.92. The van der Waals surface area contributed by atoms with Gasteiger partial charge in [0.25, 0.3) is 0 Å². The predicted octanol–water partition coefficient (Wildman–Crippen LogP) is -5.17. The van der Waals surface area contributed by atoms with E-state index in [9.17, 15) is 43.8 Å². The molecule has 4 atom stereocenters. The summed E-state index contributed by atoms with van der Waals surface area (Å²) in [4.78, 5) is 87.9. The topological polar surface area (TPSA) is 305 Å². The zero-order valence-electron chi connectivity index (χ0n) is 22.0. The zero-order valence-corrected chi connectivity index (χ0v) is 22.0. The van der Waals surface area contributed by atoms with Crippen molar-refractivity contribution in [2.75, 3.05) is 19.6 Å². The molecule has 41 heavy (non-hydrogen) atoms. The van der Waals surface area contributed by atoms with Crippen molar-refractivity contribution in [3.05, 3.63) is 0 Å². The number of carboxylic acid groups (broad SMARTS) is 2. The second-order valence-electron chi connectivity index (χ2n) is 8.97. The second kappa shape index (κ2) is 16.2. The van der Waals surface area contributed by atoms with Gasteiger partial charge in [-0.3, -0.25) is 33.8 Å². The van der Waals surface area contributed by atoms with Crippen LogP contribution in [0, 0.1) is 12.3 Å². The number of nitrogens with one attached hydrogen (secondary N) is 5. The summed E-state index contributed by atoms with van der Waals surface area (Å²) in [6.45, 7) is -1.10. The number of nitrogens with two attached hydrogens (primary N) is 2. The lowest BCUT2D eigenvalue weighted by molar-refractivity contribution is -0.145. The number of carbonyl (C=O) groups excluding carboxylic acids is 5. The maximum Gasteiger partial charge on any atom is 0.332 e. The maximum absolute atomic E-state index is 12.7. The van der Waals surface area contributed by atoms with Crippen molar-refractivity contribution in [3.63, 3.8) is 0 Å². The molecule has 0 aliphatic heterocycles. The number of aliphatic carboxylic acids is 2. The number of hydrogen-bond acceptors (Lipinski definition) is 9. The van der Waals surface area contributed by atoms with Crippen molar-refractivity contribution in [3.8, 4) is 12.3 Å². The number of carbonyl (C=O) groups is 7. The molecule has 0 saturated heterocycles. The monoisotopic (exact) mass is 582 g/mol. The van der Waals surface area contributed by atoms with Crippen molar-refractivity contribution < 1.29 is 48.9 Å². The van der Waals surface area contributed by atoms with Crippen molar-refractivity contribution in [1.82, 2.24) is 26.6 Å². The quantitative estimate of drug-likeness (QED) is 0.0314. The minimum atomic E-state index is -1.99. The van der Waals surface area contributed by atoms with Crippen LogP contribution in [0.15, 0.2) is 4.99 Å². The molecule has 0 aromatic rings. The summed E-state index contributed by atoms with van der Waals surface area (Å²) >= 11 is 0. The van der Waals surface area contributed by atoms with Gasteiger partial charge in [-0.1, -0.05) is 0 Å². The Labute approximate surface area is 234 Å². The molecule has 226 valence electrons.